The fourth-order valence-electron chi connectivity index (χ4n) is 1.26. The molecule has 1 atom stereocenters. The summed E-state index contributed by atoms with van der Waals surface area (Å²) >= 11 is 0. The highest BCUT2D eigenvalue weighted by atomic mass is 16.4. The maximum absolute atomic E-state index is 10.8. The molecule has 0 radical (unpaired) electrons. The topological polar surface area (TPSA) is 91.7 Å². The van der Waals surface area contributed by atoms with E-state index in [2.05, 4.69) is 0 Å². The molecule has 0 bridgehead atoms. The zero-order valence-corrected chi connectivity index (χ0v) is 8.73. The summed E-state index contributed by atoms with van der Waals surface area (Å²) in [5.74, 6) is -4.54. The molecule has 2 N–H and O–H groups in total. The van der Waals surface area contributed by atoms with Crippen LogP contribution in [-0.4, -0.2) is 27.9 Å². The van der Waals surface area contributed by atoms with Crippen LogP contribution in [0.1, 0.15) is 39.0 Å². The van der Waals surface area contributed by atoms with E-state index in [0.29, 0.717) is 12.8 Å². The number of Topliss-reactive ketones (excluding diaryl/α,β-unsaturated/α-hetero) is 1. The third-order valence-corrected chi connectivity index (χ3v) is 2.18. The van der Waals surface area contributed by atoms with Crippen LogP contribution in [0.15, 0.2) is 0 Å². The molecule has 0 fully saturated rings. The summed E-state index contributed by atoms with van der Waals surface area (Å²) in [5, 5.41) is 17.1. The van der Waals surface area contributed by atoms with Crippen molar-refractivity contribution in [1.82, 2.24) is 0 Å². The molecule has 0 aliphatic rings. The molecule has 0 aromatic heterocycles. The quantitative estimate of drug-likeness (QED) is 0.471. The Labute approximate surface area is 88.1 Å². The van der Waals surface area contributed by atoms with Crippen LogP contribution in [0.25, 0.3) is 0 Å². The zero-order valence-electron chi connectivity index (χ0n) is 8.73. The molecular weight excluding hydrogens is 200 g/mol. The van der Waals surface area contributed by atoms with Crippen molar-refractivity contribution in [2.45, 2.75) is 39.0 Å². The second kappa shape index (κ2) is 6.98. The summed E-state index contributed by atoms with van der Waals surface area (Å²) in [6.07, 6.45) is 2.52. The van der Waals surface area contributed by atoms with Gasteiger partial charge in [-0.1, -0.05) is 26.2 Å². The van der Waals surface area contributed by atoms with Gasteiger partial charge in [0, 0.05) is 6.42 Å². The Morgan fingerprint density at radius 2 is 1.73 bits per heavy atom. The Balaban J connectivity index is 4.10. The Morgan fingerprint density at radius 1 is 1.13 bits per heavy atom. The summed E-state index contributed by atoms with van der Waals surface area (Å²) in [4.78, 5) is 31.8. The van der Waals surface area contributed by atoms with Crippen molar-refractivity contribution in [2.24, 2.45) is 5.92 Å². The number of aliphatic carboxylic acids is 2. The third kappa shape index (κ3) is 5.83. The molecular formula is C10H16O5. The van der Waals surface area contributed by atoms with Crippen LogP contribution in [-0.2, 0) is 14.4 Å². The third-order valence-electron chi connectivity index (χ3n) is 2.18. The maximum atomic E-state index is 10.8. The van der Waals surface area contributed by atoms with E-state index in [0.717, 1.165) is 12.8 Å². The molecule has 0 aliphatic carbocycles. The smallest absolute Gasteiger partial charge is 0.372 e. The number of carbonyl (C=O) groups excluding carboxylic acids is 1. The van der Waals surface area contributed by atoms with Gasteiger partial charge in [0.05, 0.1) is 5.92 Å². The van der Waals surface area contributed by atoms with Crippen LogP contribution in [0, 0.1) is 5.92 Å². The highest BCUT2D eigenvalue weighted by Crippen LogP contribution is 2.14. The van der Waals surface area contributed by atoms with Gasteiger partial charge >= 0.3 is 11.9 Å². The van der Waals surface area contributed by atoms with Crippen molar-refractivity contribution in [3.63, 3.8) is 0 Å². The lowest BCUT2D eigenvalue weighted by molar-refractivity contribution is -0.151. The Morgan fingerprint density at radius 3 is 2.13 bits per heavy atom. The SMILES string of the molecule is CCCCCC(CC(=O)C(=O)O)C(=O)O. The van der Waals surface area contributed by atoms with Gasteiger partial charge in [0.15, 0.2) is 0 Å². The van der Waals surface area contributed by atoms with Crippen LogP contribution in [0.3, 0.4) is 0 Å². The molecule has 0 aromatic carbocycles. The predicted molar refractivity (Wildman–Crippen MR) is 52.5 cm³/mol. The van der Waals surface area contributed by atoms with Crippen molar-refractivity contribution in [3.8, 4) is 0 Å². The highest BCUT2D eigenvalue weighted by Gasteiger charge is 2.23. The number of carboxylic acids is 2. The van der Waals surface area contributed by atoms with E-state index in [1.54, 1.807) is 0 Å². The standard InChI is InChI=1S/C10H16O5/c1-2-3-4-5-7(9(12)13)6-8(11)10(14)15/h7H,2-6H2,1H3,(H,12,13)(H,14,15). The van der Waals surface area contributed by atoms with E-state index in [4.69, 9.17) is 10.2 Å². The highest BCUT2D eigenvalue weighted by molar-refractivity contribution is 6.33. The number of hydrogen-bond acceptors (Lipinski definition) is 3. The zero-order chi connectivity index (χ0) is 11.8. The second-order valence-electron chi connectivity index (χ2n) is 3.46. The van der Waals surface area contributed by atoms with E-state index in [-0.39, 0.29) is 0 Å². The van der Waals surface area contributed by atoms with Crippen molar-refractivity contribution >= 4 is 17.7 Å². The Kier molecular flexibility index (Phi) is 6.33. The maximum Gasteiger partial charge on any atom is 0.372 e. The average Bonchev–Trinajstić information content (AvgIpc) is 2.15. The molecule has 0 saturated carbocycles. The van der Waals surface area contributed by atoms with Gasteiger partial charge < -0.3 is 10.2 Å². The van der Waals surface area contributed by atoms with Crippen LogP contribution in [0.5, 0.6) is 0 Å². The van der Waals surface area contributed by atoms with Gasteiger partial charge in [0.2, 0.25) is 5.78 Å². The molecule has 0 saturated heterocycles. The van der Waals surface area contributed by atoms with Crippen molar-refractivity contribution in [2.75, 3.05) is 0 Å². The van der Waals surface area contributed by atoms with Gasteiger partial charge in [-0.15, -0.1) is 0 Å². The number of carboxylic acid groups (broad SMARTS) is 2. The predicted octanol–water partition coefficient (Wildman–Crippen LogP) is 1.31. The number of unbranched alkanes of at least 4 members (excludes halogenated alkanes) is 2. The number of rotatable bonds is 8. The normalized spacial score (nSPS) is 12.1. The van der Waals surface area contributed by atoms with Gasteiger partial charge in [0.1, 0.15) is 0 Å². The van der Waals surface area contributed by atoms with Gasteiger partial charge in [-0.2, -0.15) is 0 Å². The lowest BCUT2D eigenvalue weighted by atomic mass is 9.96. The summed E-state index contributed by atoms with van der Waals surface area (Å²) in [6.45, 7) is 1.98. The minimum atomic E-state index is -1.56. The molecule has 0 amide bonds. The lowest BCUT2D eigenvalue weighted by Crippen LogP contribution is -2.22. The molecule has 0 aliphatic heterocycles. The molecule has 1 unspecified atom stereocenters. The molecule has 5 heteroatoms. The first-order valence-corrected chi connectivity index (χ1v) is 4.98. The lowest BCUT2D eigenvalue weighted by Gasteiger charge is -2.09. The van der Waals surface area contributed by atoms with Crippen LogP contribution in [0.2, 0.25) is 0 Å². The Hall–Kier alpha value is -1.39. The van der Waals surface area contributed by atoms with E-state index < -0.39 is 30.1 Å². The van der Waals surface area contributed by atoms with Gasteiger partial charge in [-0.3, -0.25) is 9.59 Å². The first-order valence-electron chi connectivity index (χ1n) is 4.98. The average molecular weight is 216 g/mol. The summed E-state index contributed by atoms with van der Waals surface area (Å²) in [7, 11) is 0. The molecule has 15 heavy (non-hydrogen) atoms. The molecule has 0 rings (SSSR count). The molecule has 0 aromatic rings. The summed E-state index contributed by atoms with van der Waals surface area (Å²) < 4.78 is 0. The van der Waals surface area contributed by atoms with Gasteiger partial charge in [-0.25, -0.2) is 4.79 Å². The van der Waals surface area contributed by atoms with E-state index in [1.807, 2.05) is 6.92 Å². The van der Waals surface area contributed by atoms with E-state index in [9.17, 15) is 14.4 Å². The van der Waals surface area contributed by atoms with Crippen LogP contribution in [0.4, 0.5) is 0 Å². The first kappa shape index (κ1) is 13.6. The van der Waals surface area contributed by atoms with Crippen LogP contribution >= 0.6 is 0 Å². The van der Waals surface area contributed by atoms with E-state index >= 15 is 0 Å². The first-order chi connectivity index (χ1) is 6.99. The van der Waals surface area contributed by atoms with Gasteiger partial charge in [0.25, 0.3) is 0 Å². The monoisotopic (exact) mass is 216 g/mol. The van der Waals surface area contributed by atoms with E-state index in [1.165, 1.54) is 0 Å². The number of ketones is 1. The molecule has 0 heterocycles. The fraction of sp³-hybridized carbons (Fsp3) is 0.700. The summed E-state index contributed by atoms with van der Waals surface area (Å²) in [6, 6.07) is 0. The minimum absolute atomic E-state index is 0.363. The minimum Gasteiger partial charge on any atom is -0.481 e. The van der Waals surface area contributed by atoms with Gasteiger partial charge in [-0.05, 0) is 6.42 Å². The van der Waals surface area contributed by atoms with Crippen molar-refractivity contribution in [1.29, 1.82) is 0 Å². The molecule has 86 valence electrons. The fourth-order valence-corrected chi connectivity index (χ4v) is 1.26. The Bertz CT molecular complexity index is 246. The van der Waals surface area contributed by atoms with Crippen molar-refractivity contribution in [3.05, 3.63) is 0 Å². The molecule has 0 spiro atoms. The number of carbonyl (C=O) groups is 3. The molecule has 5 nitrogen and oxygen atoms in total. The second-order valence-corrected chi connectivity index (χ2v) is 3.46. The van der Waals surface area contributed by atoms with Crippen molar-refractivity contribution < 1.29 is 24.6 Å². The van der Waals surface area contributed by atoms with Crippen LogP contribution < -0.4 is 0 Å². The summed E-state index contributed by atoms with van der Waals surface area (Å²) in [5.41, 5.74) is 0. The number of hydrogen-bond donors (Lipinski definition) is 2. The largest absolute Gasteiger partial charge is 0.481 e.